The zero-order valence-corrected chi connectivity index (χ0v) is 16.2. The Morgan fingerprint density at radius 3 is 1.79 bits per heavy atom. The Labute approximate surface area is 151 Å². The molecule has 1 rings (SSSR count). The third-order valence-corrected chi connectivity index (χ3v) is 5.01. The number of nitrogens with two attached hydrogens (primary N) is 1. The van der Waals surface area contributed by atoms with E-state index < -0.39 is 0 Å². The zero-order valence-electron chi connectivity index (χ0n) is 16.2. The number of rotatable bonds is 15. The van der Waals surface area contributed by atoms with Gasteiger partial charge in [-0.1, -0.05) is 103 Å². The van der Waals surface area contributed by atoms with E-state index in [1.807, 2.05) is 0 Å². The Balaban J connectivity index is 1.78. The van der Waals surface area contributed by atoms with E-state index in [2.05, 4.69) is 36.3 Å². The van der Waals surface area contributed by atoms with E-state index in [9.17, 15) is 0 Å². The summed E-state index contributed by atoms with van der Waals surface area (Å²) in [6.07, 6.45) is 28.4. The summed E-state index contributed by atoms with van der Waals surface area (Å²) in [6.45, 7) is 4.41. The fourth-order valence-electron chi connectivity index (χ4n) is 3.45. The molecule has 1 atom stereocenters. The first-order chi connectivity index (χ1) is 11.8. The fraction of sp³-hybridized carbons (Fsp3) is 0.818. The minimum atomic E-state index is 0.187. The van der Waals surface area contributed by atoms with Gasteiger partial charge in [0.15, 0.2) is 0 Å². The van der Waals surface area contributed by atoms with Gasteiger partial charge in [0.05, 0.1) is 0 Å². The van der Waals surface area contributed by atoms with Crippen LogP contribution in [0.4, 0.5) is 0 Å². The number of nitrogens with zero attached hydrogens (tertiary/aromatic N) is 1. The molecular weight excluding hydrogens is 292 g/mol. The van der Waals surface area contributed by atoms with Crippen LogP contribution in [0.1, 0.15) is 96.8 Å². The quantitative estimate of drug-likeness (QED) is 0.362. The normalized spacial score (nSPS) is 17.4. The first kappa shape index (κ1) is 21.3. The predicted molar refractivity (Wildman–Crippen MR) is 108 cm³/mol. The molecule has 0 saturated carbocycles. The van der Waals surface area contributed by atoms with Gasteiger partial charge in [0.1, 0.15) is 0 Å². The van der Waals surface area contributed by atoms with Crippen molar-refractivity contribution in [1.29, 1.82) is 0 Å². The van der Waals surface area contributed by atoms with Crippen molar-refractivity contribution >= 4 is 0 Å². The minimum absolute atomic E-state index is 0.187. The molecule has 0 fully saturated rings. The lowest BCUT2D eigenvalue weighted by atomic mass is 10.0. The van der Waals surface area contributed by atoms with Crippen molar-refractivity contribution in [3.63, 3.8) is 0 Å². The van der Waals surface area contributed by atoms with Crippen LogP contribution in [0.5, 0.6) is 0 Å². The van der Waals surface area contributed by atoms with Crippen LogP contribution in [0.3, 0.4) is 0 Å². The summed E-state index contributed by atoms with van der Waals surface area (Å²) < 4.78 is 0. The van der Waals surface area contributed by atoms with Crippen LogP contribution in [0, 0.1) is 0 Å². The smallest absolute Gasteiger partial charge is 0.0405 e. The van der Waals surface area contributed by atoms with Gasteiger partial charge >= 0.3 is 0 Å². The van der Waals surface area contributed by atoms with Crippen molar-refractivity contribution in [3.8, 4) is 0 Å². The highest BCUT2D eigenvalue weighted by molar-refractivity contribution is 5.09. The second-order valence-corrected chi connectivity index (χ2v) is 7.48. The van der Waals surface area contributed by atoms with Crippen molar-refractivity contribution < 1.29 is 0 Å². The van der Waals surface area contributed by atoms with E-state index in [4.69, 9.17) is 5.73 Å². The van der Waals surface area contributed by atoms with Crippen LogP contribution in [-0.4, -0.2) is 24.0 Å². The van der Waals surface area contributed by atoms with Crippen LogP contribution in [0.2, 0.25) is 0 Å². The Bertz CT molecular complexity index is 322. The summed E-state index contributed by atoms with van der Waals surface area (Å²) in [6, 6.07) is 0.187. The standard InChI is InChI=1S/C22H42N2/c1-2-3-4-5-6-7-8-9-10-11-12-13-14-16-19-24-20-17-15-18-22(23)21-24/h15,17-18,20,22H,2-14,16,19,21,23H2,1H3. The molecule has 2 heteroatoms. The molecule has 0 bridgehead atoms. The average molecular weight is 335 g/mol. The lowest BCUT2D eigenvalue weighted by Gasteiger charge is -2.21. The van der Waals surface area contributed by atoms with Gasteiger partial charge in [-0.3, -0.25) is 0 Å². The third kappa shape index (κ3) is 12.6. The molecule has 0 radical (unpaired) electrons. The van der Waals surface area contributed by atoms with Crippen LogP contribution >= 0.6 is 0 Å². The van der Waals surface area contributed by atoms with Crippen LogP contribution in [-0.2, 0) is 0 Å². The Morgan fingerprint density at radius 1 is 0.750 bits per heavy atom. The molecule has 0 amide bonds. The van der Waals surface area contributed by atoms with Crippen molar-refractivity contribution in [1.82, 2.24) is 4.90 Å². The lowest BCUT2D eigenvalue weighted by Crippen LogP contribution is -2.32. The maximum absolute atomic E-state index is 6.01. The topological polar surface area (TPSA) is 29.3 Å². The maximum atomic E-state index is 6.01. The van der Waals surface area contributed by atoms with Gasteiger partial charge in [0.25, 0.3) is 0 Å². The van der Waals surface area contributed by atoms with E-state index in [0.717, 1.165) is 13.1 Å². The molecule has 1 heterocycles. The molecule has 2 nitrogen and oxygen atoms in total. The molecule has 0 aromatic carbocycles. The molecule has 1 unspecified atom stereocenters. The summed E-state index contributed by atoms with van der Waals surface area (Å²) in [7, 11) is 0. The number of unbranched alkanes of at least 4 members (excludes halogenated alkanes) is 13. The van der Waals surface area contributed by atoms with Crippen molar-refractivity contribution in [2.45, 2.75) is 103 Å². The van der Waals surface area contributed by atoms with Crippen molar-refractivity contribution in [2.24, 2.45) is 5.73 Å². The Morgan fingerprint density at radius 2 is 1.25 bits per heavy atom. The van der Waals surface area contributed by atoms with E-state index in [1.54, 1.807) is 0 Å². The Kier molecular flexibility index (Phi) is 14.0. The number of allylic oxidation sites excluding steroid dienone is 2. The van der Waals surface area contributed by atoms with E-state index in [-0.39, 0.29) is 6.04 Å². The van der Waals surface area contributed by atoms with Gasteiger partial charge in [-0.2, -0.15) is 0 Å². The molecule has 0 aliphatic carbocycles. The second kappa shape index (κ2) is 15.7. The maximum Gasteiger partial charge on any atom is 0.0405 e. The largest absolute Gasteiger partial charge is 0.375 e. The van der Waals surface area contributed by atoms with Gasteiger partial charge in [-0.05, 0) is 18.7 Å². The summed E-state index contributed by atoms with van der Waals surface area (Å²) in [5.74, 6) is 0. The molecule has 0 saturated heterocycles. The molecule has 1 aliphatic rings. The van der Waals surface area contributed by atoms with E-state index in [0.29, 0.717) is 0 Å². The first-order valence-corrected chi connectivity index (χ1v) is 10.7. The fourth-order valence-corrected chi connectivity index (χ4v) is 3.45. The van der Waals surface area contributed by atoms with Crippen LogP contribution in [0.15, 0.2) is 24.4 Å². The predicted octanol–water partition coefficient (Wildman–Crippen LogP) is 6.18. The molecule has 24 heavy (non-hydrogen) atoms. The monoisotopic (exact) mass is 334 g/mol. The highest BCUT2D eigenvalue weighted by Crippen LogP contribution is 2.13. The molecule has 2 N–H and O–H groups in total. The summed E-state index contributed by atoms with van der Waals surface area (Å²) in [4.78, 5) is 2.37. The van der Waals surface area contributed by atoms with Crippen molar-refractivity contribution in [3.05, 3.63) is 24.4 Å². The van der Waals surface area contributed by atoms with Crippen LogP contribution < -0.4 is 5.73 Å². The summed E-state index contributed by atoms with van der Waals surface area (Å²) >= 11 is 0. The number of hydrogen-bond donors (Lipinski definition) is 1. The summed E-state index contributed by atoms with van der Waals surface area (Å²) in [5, 5.41) is 0. The minimum Gasteiger partial charge on any atom is -0.375 e. The van der Waals surface area contributed by atoms with Gasteiger partial charge in [0.2, 0.25) is 0 Å². The number of hydrogen-bond acceptors (Lipinski definition) is 2. The zero-order chi connectivity index (χ0) is 17.3. The molecule has 140 valence electrons. The van der Waals surface area contributed by atoms with Crippen LogP contribution in [0.25, 0.3) is 0 Å². The average Bonchev–Trinajstić information content (AvgIpc) is 2.79. The van der Waals surface area contributed by atoms with Gasteiger partial charge in [0, 0.05) is 19.1 Å². The van der Waals surface area contributed by atoms with Gasteiger partial charge in [-0.25, -0.2) is 0 Å². The lowest BCUT2D eigenvalue weighted by molar-refractivity contribution is 0.354. The summed E-state index contributed by atoms with van der Waals surface area (Å²) in [5.41, 5.74) is 6.01. The third-order valence-electron chi connectivity index (χ3n) is 5.01. The highest BCUT2D eigenvalue weighted by Gasteiger charge is 2.05. The van der Waals surface area contributed by atoms with Crippen molar-refractivity contribution in [2.75, 3.05) is 13.1 Å². The molecule has 1 aliphatic heterocycles. The SMILES string of the molecule is CCCCCCCCCCCCCCCCN1C=CC=CC(N)C1. The molecular formula is C22H42N2. The molecule has 0 aromatic heterocycles. The van der Waals surface area contributed by atoms with E-state index >= 15 is 0 Å². The van der Waals surface area contributed by atoms with E-state index in [1.165, 1.54) is 89.9 Å². The first-order valence-electron chi connectivity index (χ1n) is 10.7. The second-order valence-electron chi connectivity index (χ2n) is 7.48. The Hall–Kier alpha value is -0.760. The van der Waals surface area contributed by atoms with Gasteiger partial charge < -0.3 is 10.6 Å². The van der Waals surface area contributed by atoms with Gasteiger partial charge in [-0.15, -0.1) is 0 Å². The highest BCUT2D eigenvalue weighted by atomic mass is 15.1. The molecule has 0 aromatic rings. The molecule has 0 spiro atoms.